The van der Waals surface area contributed by atoms with E-state index in [0.717, 1.165) is 10.9 Å². The average Bonchev–Trinajstić information content (AvgIpc) is 2.74. The monoisotopic (exact) mass is 277 g/mol. The third-order valence-corrected chi connectivity index (χ3v) is 5.92. The molecule has 1 aromatic heterocycles. The van der Waals surface area contributed by atoms with E-state index in [4.69, 9.17) is 0 Å². The van der Waals surface area contributed by atoms with Gasteiger partial charge in [-0.3, -0.25) is 4.79 Å². The first-order valence-electron chi connectivity index (χ1n) is 6.24. The summed E-state index contributed by atoms with van der Waals surface area (Å²) in [5.41, 5.74) is 0.898. The van der Waals surface area contributed by atoms with E-state index in [0.29, 0.717) is 6.54 Å². The number of nitrogens with one attached hydrogen (secondary N) is 1. The zero-order chi connectivity index (χ0) is 13.3. The van der Waals surface area contributed by atoms with Crippen LogP contribution < -0.4 is 10.5 Å². The molecule has 96 valence electrons. The smallest absolute Gasteiger partial charge is 0.251 e. The lowest BCUT2D eigenvalue weighted by Gasteiger charge is -2.21. The van der Waals surface area contributed by atoms with Crippen molar-refractivity contribution in [3.05, 3.63) is 29.1 Å². The van der Waals surface area contributed by atoms with Gasteiger partial charge in [-0.05, 0) is 29.6 Å². The van der Waals surface area contributed by atoms with E-state index in [9.17, 15) is 4.79 Å². The van der Waals surface area contributed by atoms with E-state index in [1.807, 2.05) is 6.92 Å². The van der Waals surface area contributed by atoms with Crippen molar-refractivity contribution < 1.29 is 4.79 Å². The molecule has 2 aromatic rings. The van der Waals surface area contributed by atoms with E-state index in [2.05, 4.69) is 48.5 Å². The molecule has 0 bridgehead atoms. The Bertz CT molecular complexity index is 583. The number of rotatable bonds is 3. The molecule has 1 N–H and O–H groups in total. The standard InChI is InChI=1S/C14H19NOSSi/c1-5-15-14(16)13-10-8-9-17-11(10)6-7-12(13)18(2,3)4/h6-9H,5H2,1-4H3,(H,15,16). The van der Waals surface area contributed by atoms with Gasteiger partial charge < -0.3 is 5.32 Å². The third-order valence-electron chi connectivity index (χ3n) is 3.01. The second-order valence-electron chi connectivity index (χ2n) is 5.43. The highest BCUT2D eigenvalue weighted by molar-refractivity contribution is 7.17. The van der Waals surface area contributed by atoms with Gasteiger partial charge >= 0.3 is 0 Å². The minimum Gasteiger partial charge on any atom is -0.352 e. The number of benzene rings is 1. The first kappa shape index (κ1) is 13.3. The zero-order valence-corrected chi connectivity index (χ0v) is 13.1. The number of fused-ring (bicyclic) bond motifs is 1. The van der Waals surface area contributed by atoms with Crippen LogP contribution in [-0.2, 0) is 0 Å². The predicted molar refractivity (Wildman–Crippen MR) is 82.8 cm³/mol. The Morgan fingerprint density at radius 3 is 2.61 bits per heavy atom. The molecule has 0 aliphatic carbocycles. The van der Waals surface area contributed by atoms with Crippen LogP contribution in [0, 0.1) is 0 Å². The summed E-state index contributed by atoms with van der Waals surface area (Å²) in [6, 6.07) is 6.36. The summed E-state index contributed by atoms with van der Waals surface area (Å²) in [5.74, 6) is 0.0684. The predicted octanol–water partition coefficient (Wildman–Crippen LogP) is 3.20. The number of thiophene rings is 1. The number of hydrogen-bond donors (Lipinski definition) is 1. The fourth-order valence-corrected chi connectivity index (χ4v) is 4.54. The molecule has 2 rings (SSSR count). The van der Waals surface area contributed by atoms with Gasteiger partial charge in [0.25, 0.3) is 5.91 Å². The Morgan fingerprint density at radius 2 is 2.00 bits per heavy atom. The van der Waals surface area contributed by atoms with Crippen molar-refractivity contribution in [3.8, 4) is 0 Å². The Hall–Kier alpha value is -1.13. The molecular formula is C14H19NOSSi. The summed E-state index contributed by atoms with van der Waals surface area (Å²) < 4.78 is 1.19. The maximum Gasteiger partial charge on any atom is 0.251 e. The van der Waals surface area contributed by atoms with Crippen molar-refractivity contribution in [2.75, 3.05) is 6.54 Å². The van der Waals surface area contributed by atoms with Gasteiger partial charge in [0.1, 0.15) is 0 Å². The molecule has 2 nitrogen and oxygen atoms in total. The highest BCUT2D eigenvalue weighted by atomic mass is 32.1. The van der Waals surface area contributed by atoms with Gasteiger partial charge in [0.2, 0.25) is 0 Å². The van der Waals surface area contributed by atoms with Gasteiger partial charge in [0.15, 0.2) is 0 Å². The van der Waals surface area contributed by atoms with Gasteiger partial charge in [-0.2, -0.15) is 0 Å². The number of carbonyl (C=O) groups excluding carboxylic acids is 1. The van der Waals surface area contributed by atoms with Crippen LogP contribution in [0.15, 0.2) is 23.6 Å². The average molecular weight is 277 g/mol. The summed E-state index contributed by atoms with van der Waals surface area (Å²) in [6.45, 7) is 9.47. The minimum atomic E-state index is -1.52. The Labute approximate surface area is 113 Å². The van der Waals surface area contributed by atoms with Gasteiger partial charge in [-0.15, -0.1) is 11.3 Å². The van der Waals surface area contributed by atoms with Crippen molar-refractivity contribution in [3.63, 3.8) is 0 Å². The third kappa shape index (κ3) is 2.35. The normalized spacial score (nSPS) is 11.8. The summed E-state index contributed by atoms with van der Waals surface area (Å²) in [7, 11) is -1.52. The maximum absolute atomic E-state index is 12.3. The lowest BCUT2D eigenvalue weighted by Crippen LogP contribution is -2.43. The summed E-state index contributed by atoms with van der Waals surface area (Å²) in [5, 5.41) is 7.35. The van der Waals surface area contributed by atoms with Crippen molar-refractivity contribution in [1.29, 1.82) is 0 Å². The first-order valence-corrected chi connectivity index (χ1v) is 10.6. The van der Waals surface area contributed by atoms with Crippen LogP contribution in [0.1, 0.15) is 17.3 Å². The lowest BCUT2D eigenvalue weighted by atomic mass is 10.1. The molecule has 0 saturated heterocycles. The van der Waals surface area contributed by atoms with Gasteiger partial charge in [-0.25, -0.2) is 0 Å². The number of carbonyl (C=O) groups is 1. The molecule has 1 aromatic carbocycles. The minimum absolute atomic E-state index is 0.0684. The molecular weight excluding hydrogens is 258 g/mol. The van der Waals surface area contributed by atoms with E-state index < -0.39 is 8.07 Å². The Morgan fingerprint density at radius 1 is 1.28 bits per heavy atom. The van der Waals surface area contributed by atoms with E-state index >= 15 is 0 Å². The van der Waals surface area contributed by atoms with Crippen LogP contribution in [0.4, 0.5) is 0 Å². The van der Waals surface area contributed by atoms with Crippen LogP contribution in [-0.4, -0.2) is 20.5 Å². The molecule has 0 aliphatic rings. The lowest BCUT2D eigenvalue weighted by molar-refractivity contribution is 0.0958. The van der Waals surface area contributed by atoms with Crippen molar-refractivity contribution in [1.82, 2.24) is 5.32 Å². The van der Waals surface area contributed by atoms with Crippen LogP contribution in [0.5, 0.6) is 0 Å². The summed E-state index contributed by atoms with van der Waals surface area (Å²) in [4.78, 5) is 12.3. The zero-order valence-electron chi connectivity index (χ0n) is 11.3. The molecule has 4 heteroatoms. The van der Waals surface area contributed by atoms with E-state index in [1.165, 1.54) is 9.89 Å². The van der Waals surface area contributed by atoms with Crippen molar-refractivity contribution in [2.45, 2.75) is 26.6 Å². The van der Waals surface area contributed by atoms with Crippen molar-refractivity contribution >= 4 is 40.6 Å². The molecule has 0 atom stereocenters. The van der Waals surface area contributed by atoms with Gasteiger partial charge in [0.05, 0.1) is 8.07 Å². The van der Waals surface area contributed by atoms with Gasteiger partial charge in [-0.1, -0.05) is 25.7 Å². The fourth-order valence-electron chi connectivity index (χ4n) is 2.16. The molecule has 0 radical (unpaired) electrons. The largest absolute Gasteiger partial charge is 0.352 e. The van der Waals surface area contributed by atoms with E-state index in [-0.39, 0.29) is 5.91 Å². The number of amides is 1. The molecule has 18 heavy (non-hydrogen) atoms. The first-order chi connectivity index (χ1) is 8.45. The summed E-state index contributed by atoms with van der Waals surface area (Å²) in [6.07, 6.45) is 0. The van der Waals surface area contributed by atoms with E-state index in [1.54, 1.807) is 11.3 Å². The topological polar surface area (TPSA) is 29.1 Å². The highest BCUT2D eigenvalue weighted by Gasteiger charge is 2.25. The Balaban J connectivity index is 2.70. The van der Waals surface area contributed by atoms with Crippen molar-refractivity contribution in [2.24, 2.45) is 0 Å². The van der Waals surface area contributed by atoms with Gasteiger partial charge in [0, 0.05) is 22.2 Å². The second-order valence-corrected chi connectivity index (χ2v) is 11.4. The van der Waals surface area contributed by atoms with Crippen LogP contribution in [0.2, 0.25) is 19.6 Å². The number of hydrogen-bond acceptors (Lipinski definition) is 2. The molecule has 0 fully saturated rings. The SMILES string of the molecule is CCNC(=O)c1c([Si](C)(C)C)ccc2sccc12. The molecule has 0 spiro atoms. The summed E-state index contributed by atoms with van der Waals surface area (Å²) >= 11 is 1.69. The maximum atomic E-state index is 12.3. The van der Waals surface area contributed by atoms with Crippen LogP contribution in [0.25, 0.3) is 10.1 Å². The van der Waals surface area contributed by atoms with Crippen LogP contribution in [0.3, 0.4) is 0 Å². The molecule has 1 heterocycles. The molecule has 0 unspecified atom stereocenters. The second kappa shape index (κ2) is 4.86. The molecule has 0 saturated carbocycles. The Kier molecular flexibility index (Phi) is 3.59. The highest BCUT2D eigenvalue weighted by Crippen LogP contribution is 2.24. The molecule has 1 amide bonds. The molecule has 0 aliphatic heterocycles. The quantitative estimate of drug-likeness (QED) is 0.858. The van der Waals surface area contributed by atoms with Crippen LogP contribution >= 0.6 is 11.3 Å². The fraction of sp³-hybridized carbons (Fsp3) is 0.357.